The maximum absolute atomic E-state index is 10.7. The fourth-order valence-corrected chi connectivity index (χ4v) is 2.41. The fraction of sp³-hybridized carbons (Fsp3) is 0.400. The van der Waals surface area contributed by atoms with Crippen LogP contribution in [0.2, 0.25) is 0 Å². The van der Waals surface area contributed by atoms with Crippen LogP contribution >= 0.6 is 0 Å². The van der Waals surface area contributed by atoms with Crippen molar-refractivity contribution < 1.29 is 9.21 Å². The number of amides is 1. The van der Waals surface area contributed by atoms with E-state index in [0.717, 1.165) is 38.2 Å². The first-order valence-corrected chi connectivity index (χ1v) is 7.10. The first-order valence-electron chi connectivity index (χ1n) is 7.10. The molecule has 1 saturated heterocycles. The fourth-order valence-electron chi connectivity index (χ4n) is 2.41. The summed E-state index contributed by atoms with van der Waals surface area (Å²) < 4.78 is 5.70. The highest BCUT2D eigenvalue weighted by Gasteiger charge is 2.18. The molecule has 0 aliphatic carbocycles. The van der Waals surface area contributed by atoms with Gasteiger partial charge in [-0.3, -0.25) is 9.69 Å². The van der Waals surface area contributed by atoms with E-state index in [4.69, 9.17) is 4.42 Å². The molecule has 1 aromatic carbocycles. The van der Waals surface area contributed by atoms with Gasteiger partial charge in [-0.05, 0) is 5.56 Å². The van der Waals surface area contributed by atoms with E-state index in [1.807, 2.05) is 30.3 Å². The molecule has 0 bridgehead atoms. The van der Waals surface area contributed by atoms with Crippen molar-refractivity contribution in [2.75, 3.05) is 26.2 Å². The molecule has 1 aliphatic heterocycles. The number of benzene rings is 1. The zero-order chi connectivity index (χ0) is 14.5. The number of piperazine rings is 1. The molecular formula is C15H18N4O2. The Hall–Kier alpha value is -2.21. The third-order valence-electron chi connectivity index (χ3n) is 3.62. The van der Waals surface area contributed by atoms with Crippen LogP contribution < -0.4 is 0 Å². The molecule has 21 heavy (non-hydrogen) atoms. The highest BCUT2D eigenvalue weighted by Crippen LogP contribution is 2.10. The number of carbonyl (C=O) groups is 1. The summed E-state index contributed by atoms with van der Waals surface area (Å²) in [6, 6.07) is 10.1. The van der Waals surface area contributed by atoms with Gasteiger partial charge >= 0.3 is 0 Å². The minimum absolute atomic E-state index is 0.639. The Morgan fingerprint density at radius 3 is 2.48 bits per heavy atom. The topological polar surface area (TPSA) is 62.5 Å². The van der Waals surface area contributed by atoms with Crippen molar-refractivity contribution in [3.63, 3.8) is 0 Å². The monoisotopic (exact) mass is 286 g/mol. The number of hydrogen-bond donors (Lipinski definition) is 0. The Bertz CT molecular complexity index is 576. The molecule has 6 nitrogen and oxygen atoms in total. The molecule has 3 rings (SSSR count). The molecule has 0 spiro atoms. The van der Waals surface area contributed by atoms with Crippen molar-refractivity contribution in [3.8, 4) is 0 Å². The number of carbonyl (C=O) groups excluding carboxylic acids is 1. The Kier molecular flexibility index (Phi) is 4.25. The maximum Gasteiger partial charge on any atom is 0.230 e. The van der Waals surface area contributed by atoms with E-state index in [1.165, 1.54) is 0 Å². The number of hydrogen-bond acceptors (Lipinski definition) is 5. The molecule has 6 heteroatoms. The molecule has 110 valence electrons. The summed E-state index contributed by atoms with van der Waals surface area (Å²) in [4.78, 5) is 14.7. The predicted octanol–water partition coefficient (Wildman–Crippen LogP) is 0.934. The highest BCUT2D eigenvalue weighted by atomic mass is 16.4. The summed E-state index contributed by atoms with van der Waals surface area (Å²) in [6.07, 6.45) is 1.56. The lowest BCUT2D eigenvalue weighted by Crippen LogP contribution is -2.45. The SMILES string of the molecule is O=CN1CCN(Cc2nnc(Cc3ccccc3)o2)CC1. The Balaban J connectivity index is 1.55. The van der Waals surface area contributed by atoms with Crippen molar-refractivity contribution >= 4 is 6.41 Å². The van der Waals surface area contributed by atoms with E-state index in [1.54, 1.807) is 4.90 Å². The summed E-state index contributed by atoms with van der Waals surface area (Å²) in [5.74, 6) is 1.28. The van der Waals surface area contributed by atoms with Gasteiger partial charge in [-0.25, -0.2) is 0 Å². The third kappa shape index (κ3) is 3.66. The van der Waals surface area contributed by atoms with Crippen LogP contribution in [-0.2, 0) is 17.8 Å². The first kappa shape index (κ1) is 13.8. The lowest BCUT2D eigenvalue weighted by Gasteiger charge is -2.31. The van der Waals surface area contributed by atoms with Crippen LogP contribution in [0.15, 0.2) is 34.7 Å². The minimum Gasteiger partial charge on any atom is -0.424 e. The number of nitrogens with zero attached hydrogens (tertiary/aromatic N) is 4. The Labute approximate surface area is 123 Å². The van der Waals surface area contributed by atoms with E-state index in [-0.39, 0.29) is 0 Å². The van der Waals surface area contributed by atoms with Gasteiger partial charge in [-0.1, -0.05) is 30.3 Å². The molecule has 2 heterocycles. The second-order valence-corrected chi connectivity index (χ2v) is 5.17. The van der Waals surface area contributed by atoms with Crippen LogP contribution in [0.25, 0.3) is 0 Å². The van der Waals surface area contributed by atoms with Gasteiger partial charge in [0.05, 0.1) is 13.0 Å². The summed E-state index contributed by atoms with van der Waals surface area (Å²) in [5, 5.41) is 8.20. The third-order valence-corrected chi connectivity index (χ3v) is 3.62. The van der Waals surface area contributed by atoms with Crippen LogP contribution in [0.4, 0.5) is 0 Å². The first-order chi connectivity index (χ1) is 10.3. The molecule has 2 aromatic rings. The lowest BCUT2D eigenvalue weighted by molar-refractivity contribution is -0.119. The lowest BCUT2D eigenvalue weighted by atomic mass is 10.2. The van der Waals surface area contributed by atoms with Gasteiger partial charge in [0.25, 0.3) is 0 Å². The van der Waals surface area contributed by atoms with Crippen LogP contribution in [-0.4, -0.2) is 52.6 Å². The molecule has 0 radical (unpaired) electrons. The molecule has 1 aliphatic rings. The van der Waals surface area contributed by atoms with E-state index in [0.29, 0.717) is 24.7 Å². The van der Waals surface area contributed by atoms with Gasteiger partial charge in [-0.15, -0.1) is 10.2 Å². The average molecular weight is 286 g/mol. The van der Waals surface area contributed by atoms with Crippen molar-refractivity contribution in [1.29, 1.82) is 0 Å². The standard InChI is InChI=1S/C15H18N4O2/c20-12-19-8-6-18(7-9-19)11-15-17-16-14(21-15)10-13-4-2-1-3-5-13/h1-5,12H,6-11H2. The quantitative estimate of drug-likeness (QED) is 0.765. The zero-order valence-corrected chi connectivity index (χ0v) is 11.8. The summed E-state index contributed by atoms with van der Waals surface area (Å²) in [5.41, 5.74) is 1.16. The van der Waals surface area contributed by atoms with Gasteiger partial charge in [0.2, 0.25) is 18.2 Å². The van der Waals surface area contributed by atoms with Gasteiger partial charge in [0.1, 0.15) is 0 Å². The van der Waals surface area contributed by atoms with E-state index in [9.17, 15) is 4.79 Å². The molecule has 0 atom stereocenters. The minimum atomic E-state index is 0.639. The van der Waals surface area contributed by atoms with Gasteiger partial charge in [-0.2, -0.15) is 0 Å². The average Bonchev–Trinajstić information content (AvgIpc) is 2.96. The Morgan fingerprint density at radius 2 is 1.76 bits per heavy atom. The zero-order valence-electron chi connectivity index (χ0n) is 11.8. The Morgan fingerprint density at radius 1 is 1.05 bits per heavy atom. The molecular weight excluding hydrogens is 268 g/mol. The maximum atomic E-state index is 10.7. The van der Waals surface area contributed by atoms with Crippen LogP contribution in [0, 0.1) is 0 Å². The van der Waals surface area contributed by atoms with Gasteiger partial charge in [0, 0.05) is 26.2 Å². The van der Waals surface area contributed by atoms with Crippen LogP contribution in [0.5, 0.6) is 0 Å². The normalized spacial score (nSPS) is 16.1. The van der Waals surface area contributed by atoms with Gasteiger partial charge in [0.15, 0.2) is 0 Å². The van der Waals surface area contributed by atoms with Crippen LogP contribution in [0.1, 0.15) is 17.3 Å². The summed E-state index contributed by atoms with van der Waals surface area (Å²) in [6.45, 7) is 3.85. The molecule has 1 aromatic heterocycles. The van der Waals surface area contributed by atoms with E-state index >= 15 is 0 Å². The smallest absolute Gasteiger partial charge is 0.230 e. The van der Waals surface area contributed by atoms with E-state index in [2.05, 4.69) is 15.1 Å². The summed E-state index contributed by atoms with van der Waals surface area (Å²) in [7, 11) is 0. The van der Waals surface area contributed by atoms with Crippen molar-refractivity contribution in [1.82, 2.24) is 20.0 Å². The van der Waals surface area contributed by atoms with Crippen molar-refractivity contribution in [3.05, 3.63) is 47.7 Å². The molecule has 0 unspecified atom stereocenters. The number of aromatic nitrogens is 2. The summed E-state index contributed by atoms with van der Waals surface area (Å²) >= 11 is 0. The molecule has 0 saturated carbocycles. The van der Waals surface area contributed by atoms with E-state index < -0.39 is 0 Å². The molecule has 1 amide bonds. The number of rotatable bonds is 5. The second kappa shape index (κ2) is 6.49. The predicted molar refractivity (Wildman–Crippen MR) is 76.5 cm³/mol. The van der Waals surface area contributed by atoms with Crippen LogP contribution in [0.3, 0.4) is 0 Å². The second-order valence-electron chi connectivity index (χ2n) is 5.17. The molecule has 1 fully saturated rings. The molecule has 0 N–H and O–H groups in total. The van der Waals surface area contributed by atoms with Crippen molar-refractivity contribution in [2.45, 2.75) is 13.0 Å². The largest absolute Gasteiger partial charge is 0.424 e. The highest BCUT2D eigenvalue weighted by molar-refractivity contribution is 5.47. The van der Waals surface area contributed by atoms with Gasteiger partial charge < -0.3 is 9.32 Å². The van der Waals surface area contributed by atoms with Crippen molar-refractivity contribution in [2.24, 2.45) is 0 Å².